The lowest BCUT2D eigenvalue weighted by Gasteiger charge is -2.26. The minimum atomic E-state index is -0.777. The number of carbonyl (C=O) groups is 3. The van der Waals surface area contributed by atoms with E-state index in [1.807, 2.05) is 36.6 Å². The second kappa shape index (κ2) is 8.17. The van der Waals surface area contributed by atoms with Crippen molar-refractivity contribution in [2.45, 2.75) is 13.8 Å². The fraction of sp³-hybridized carbons (Fsp3) is 0.0870. The quantitative estimate of drug-likeness (QED) is 0.400. The van der Waals surface area contributed by atoms with Gasteiger partial charge in [-0.2, -0.15) is 0 Å². The average Bonchev–Trinajstić information content (AvgIpc) is 3.00. The first-order valence-electron chi connectivity index (χ1n) is 9.38. The van der Waals surface area contributed by atoms with Crippen molar-refractivity contribution >= 4 is 57.1 Å². The van der Waals surface area contributed by atoms with E-state index in [1.165, 1.54) is 6.08 Å². The largest absolute Gasteiger partial charge is 0.335 e. The van der Waals surface area contributed by atoms with Gasteiger partial charge in [0.25, 0.3) is 11.8 Å². The minimum absolute atomic E-state index is 0.112. The van der Waals surface area contributed by atoms with Gasteiger partial charge in [-0.1, -0.05) is 27.5 Å². The lowest BCUT2D eigenvalue weighted by atomic mass is 10.1. The summed E-state index contributed by atoms with van der Waals surface area (Å²) in [6.07, 6.45) is 1.52. The SMILES string of the molecule is Cc1cc(/C=C2/C(=O)NC(=O)N(c3ccc(Br)cc3)C2=O)c(C)n1-c1ccc(Cl)cc1. The number of anilines is 1. The number of carbonyl (C=O) groups excluding carboxylic acids is 3. The maximum atomic E-state index is 13.1. The van der Waals surface area contributed by atoms with Crippen LogP contribution in [0.1, 0.15) is 17.0 Å². The first-order valence-corrected chi connectivity index (χ1v) is 10.6. The molecule has 1 fully saturated rings. The minimum Gasteiger partial charge on any atom is -0.318 e. The van der Waals surface area contributed by atoms with Crippen molar-refractivity contribution in [3.63, 3.8) is 0 Å². The van der Waals surface area contributed by atoms with E-state index < -0.39 is 17.8 Å². The maximum absolute atomic E-state index is 13.1. The van der Waals surface area contributed by atoms with Crippen molar-refractivity contribution < 1.29 is 14.4 Å². The third kappa shape index (κ3) is 3.94. The molecule has 2 aromatic carbocycles. The van der Waals surface area contributed by atoms with E-state index in [2.05, 4.69) is 21.2 Å². The van der Waals surface area contributed by atoms with E-state index in [1.54, 1.807) is 36.4 Å². The highest BCUT2D eigenvalue weighted by molar-refractivity contribution is 9.10. The third-order valence-corrected chi connectivity index (χ3v) is 5.82. The van der Waals surface area contributed by atoms with Gasteiger partial charge in [0.05, 0.1) is 5.69 Å². The molecule has 4 rings (SSSR count). The summed E-state index contributed by atoms with van der Waals surface area (Å²) >= 11 is 9.32. The number of amides is 4. The van der Waals surface area contributed by atoms with Crippen LogP contribution in [0.5, 0.6) is 0 Å². The predicted molar refractivity (Wildman–Crippen MR) is 123 cm³/mol. The Hall–Kier alpha value is -3.16. The summed E-state index contributed by atoms with van der Waals surface area (Å²) in [6.45, 7) is 3.83. The molecule has 0 spiro atoms. The summed E-state index contributed by atoms with van der Waals surface area (Å²) in [4.78, 5) is 38.9. The number of halogens is 2. The number of aryl methyl sites for hydroxylation is 1. The summed E-state index contributed by atoms with van der Waals surface area (Å²) in [5.41, 5.74) is 3.65. The van der Waals surface area contributed by atoms with Crippen molar-refractivity contribution in [1.82, 2.24) is 9.88 Å². The van der Waals surface area contributed by atoms with Crippen molar-refractivity contribution in [2.24, 2.45) is 0 Å². The van der Waals surface area contributed by atoms with E-state index in [4.69, 9.17) is 11.6 Å². The number of urea groups is 1. The fourth-order valence-corrected chi connectivity index (χ4v) is 3.95. The Morgan fingerprint density at radius 3 is 2.19 bits per heavy atom. The molecule has 2 heterocycles. The number of hydrogen-bond donors (Lipinski definition) is 1. The van der Waals surface area contributed by atoms with Crippen LogP contribution in [0, 0.1) is 13.8 Å². The van der Waals surface area contributed by atoms with Crippen LogP contribution in [0.3, 0.4) is 0 Å². The van der Waals surface area contributed by atoms with Crippen molar-refractivity contribution in [1.29, 1.82) is 0 Å². The molecular weight excluding hydrogens is 482 g/mol. The molecule has 1 N–H and O–H groups in total. The standard InChI is InChI=1S/C23H17BrClN3O3/c1-13-11-15(14(2)27(13)18-9-5-17(25)6-10-18)12-20-21(29)26-23(31)28(22(20)30)19-7-3-16(24)4-8-19/h3-12H,1-2H3,(H,26,29,31)/b20-12-. The Morgan fingerprint density at radius 2 is 1.55 bits per heavy atom. The molecule has 156 valence electrons. The molecule has 0 radical (unpaired) electrons. The fourth-order valence-electron chi connectivity index (χ4n) is 3.56. The highest BCUT2D eigenvalue weighted by atomic mass is 79.9. The van der Waals surface area contributed by atoms with Gasteiger partial charge in [-0.3, -0.25) is 14.9 Å². The van der Waals surface area contributed by atoms with Crippen molar-refractivity contribution in [2.75, 3.05) is 4.90 Å². The smallest absolute Gasteiger partial charge is 0.318 e. The Bertz CT molecular complexity index is 1240. The zero-order chi connectivity index (χ0) is 22.3. The molecule has 1 aliphatic heterocycles. The number of rotatable bonds is 3. The number of hydrogen-bond acceptors (Lipinski definition) is 3. The van der Waals surface area contributed by atoms with Crippen LogP contribution in [-0.4, -0.2) is 22.4 Å². The van der Waals surface area contributed by atoms with Gasteiger partial charge in [0.15, 0.2) is 0 Å². The molecule has 4 amide bonds. The summed E-state index contributed by atoms with van der Waals surface area (Å²) in [5, 5.41) is 2.88. The zero-order valence-corrected chi connectivity index (χ0v) is 19.0. The van der Waals surface area contributed by atoms with Crippen LogP contribution in [-0.2, 0) is 9.59 Å². The topological polar surface area (TPSA) is 71.4 Å². The molecule has 1 aromatic heterocycles. The van der Waals surface area contributed by atoms with Gasteiger partial charge in [0, 0.05) is 26.6 Å². The van der Waals surface area contributed by atoms with Gasteiger partial charge in [0.2, 0.25) is 0 Å². The molecule has 0 saturated carbocycles. The molecule has 3 aromatic rings. The van der Waals surface area contributed by atoms with E-state index in [9.17, 15) is 14.4 Å². The Kier molecular flexibility index (Phi) is 5.56. The summed E-state index contributed by atoms with van der Waals surface area (Å²) < 4.78 is 2.81. The average molecular weight is 499 g/mol. The summed E-state index contributed by atoms with van der Waals surface area (Å²) in [7, 11) is 0. The van der Waals surface area contributed by atoms with Crippen molar-refractivity contribution in [3.8, 4) is 5.69 Å². The molecule has 0 aliphatic carbocycles. The van der Waals surface area contributed by atoms with E-state index in [0.29, 0.717) is 16.3 Å². The number of barbiturate groups is 1. The van der Waals surface area contributed by atoms with Gasteiger partial charge < -0.3 is 4.57 Å². The molecule has 0 atom stereocenters. The first-order chi connectivity index (χ1) is 14.8. The monoisotopic (exact) mass is 497 g/mol. The number of benzene rings is 2. The van der Waals surface area contributed by atoms with Crippen LogP contribution in [0.25, 0.3) is 11.8 Å². The van der Waals surface area contributed by atoms with Crippen LogP contribution in [0.15, 0.2) is 64.6 Å². The molecular formula is C23H17BrClN3O3. The highest BCUT2D eigenvalue weighted by Crippen LogP contribution is 2.27. The highest BCUT2D eigenvalue weighted by Gasteiger charge is 2.37. The van der Waals surface area contributed by atoms with Crippen molar-refractivity contribution in [3.05, 3.63) is 86.6 Å². The number of imide groups is 2. The van der Waals surface area contributed by atoms with Gasteiger partial charge in [0.1, 0.15) is 5.57 Å². The van der Waals surface area contributed by atoms with E-state index in [-0.39, 0.29) is 5.57 Å². The number of aromatic nitrogens is 1. The van der Waals surface area contributed by atoms with Crippen LogP contribution < -0.4 is 10.2 Å². The Labute approximate surface area is 192 Å². The second-order valence-corrected chi connectivity index (χ2v) is 8.42. The molecule has 8 heteroatoms. The molecule has 31 heavy (non-hydrogen) atoms. The van der Waals surface area contributed by atoms with Crippen LogP contribution >= 0.6 is 27.5 Å². The summed E-state index contributed by atoms with van der Waals surface area (Å²) in [5.74, 6) is -1.40. The van der Waals surface area contributed by atoms with E-state index >= 15 is 0 Å². The van der Waals surface area contributed by atoms with Gasteiger partial charge in [-0.15, -0.1) is 0 Å². The molecule has 0 bridgehead atoms. The number of nitrogens with one attached hydrogen (secondary N) is 1. The molecule has 1 saturated heterocycles. The van der Waals surface area contributed by atoms with E-state index in [0.717, 1.165) is 26.4 Å². The van der Waals surface area contributed by atoms with Crippen LogP contribution in [0.2, 0.25) is 5.02 Å². The Morgan fingerprint density at radius 1 is 0.935 bits per heavy atom. The van der Waals surface area contributed by atoms with Crippen LogP contribution in [0.4, 0.5) is 10.5 Å². The molecule has 6 nitrogen and oxygen atoms in total. The van der Waals surface area contributed by atoms with Gasteiger partial charge in [-0.25, -0.2) is 9.69 Å². The zero-order valence-electron chi connectivity index (χ0n) is 16.6. The molecule has 0 unspecified atom stereocenters. The lowest BCUT2D eigenvalue weighted by Crippen LogP contribution is -2.54. The number of nitrogens with zero attached hydrogens (tertiary/aromatic N) is 2. The second-order valence-electron chi connectivity index (χ2n) is 7.07. The normalized spacial score (nSPS) is 15.5. The van der Waals surface area contributed by atoms with Gasteiger partial charge in [-0.05, 0) is 80.1 Å². The maximum Gasteiger partial charge on any atom is 0.335 e. The third-order valence-electron chi connectivity index (χ3n) is 5.04. The Balaban J connectivity index is 1.75. The molecule has 1 aliphatic rings. The lowest BCUT2D eigenvalue weighted by molar-refractivity contribution is -0.122. The first kappa shape index (κ1) is 21.1. The predicted octanol–water partition coefficient (Wildman–Crippen LogP) is 5.18. The van der Waals surface area contributed by atoms with Gasteiger partial charge >= 0.3 is 6.03 Å². The summed E-state index contributed by atoms with van der Waals surface area (Å²) in [6, 6.07) is 15.2.